The summed E-state index contributed by atoms with van der Waals surface area (Å²) in [6.45, 7) is 21.2. The van der Waals surface area contributed by atoms with Crippen molar-refractivity contribution < 1.29 is 71.8 Å². The number of hydrogen-bond acceptors (Lipinski definition) is 15. The number of alkyl halides is 1. The van der Waals surface area contributed by atoms with Crippen LogP contribution in [0.3, 0.4) is 0 Å². The minimum absolute atomic E-state index is 0.114. The molecule has 10 aliphatic rings. The summed E-state index contributed by atoms with van der Waals surface area (Å²) < 4.78 is 76.6. The fraction of sp³-hybridized carbons (Fsp3) is 0.854. The van der Waals surface area contributed by atoms with Crippen molar-refractivity contribution >= 4 is 17.6 Å². The van der Waals surface area contributed by atoms with Crippen LogP contribution in [0, 0.1) is 11.8 Å². The maximum Gasteiger partial charge on any atom is 0.308 e. The Balaban J connectivity index is 0.775. The first-order chi connectivity index (χ1) is 30.5. The van der Waals surface area contributed by atoms with Gasteiger partial charge in [-0.15, -0.1) is 18.2 Å². The highest BCUT2D eigenvalue weighted by Gasteiger charge is 2.75. The van der Waals surface area contributed by atoms with Crippen LogP contribution in [0.25, 0.3) is 0 Å². The van der Waals surface area contributed by atoms with Crippen molar-refractivity contribution in [3.05, 3.63) is 37.0 Å². The molecule has 0 aromatic carbocycles. The second-order valence-electron chi connectivity index (χ2n) is 20.5. The Kier molecular flexibility index (Phi) is 13.9. The summed E-state index contributed by atoms with van der Waals surface area (Å²) in [5.74, 6) is -3.13. The number of carbonyl (C=O) groups is 1. The van der Waals surface area contributed by atoms with E-state index in [2.05, 4.69) is 26.7 Å². The summed E-state index contributed by atoms with van der Waals surface area (Å²) >= 11 is 7.05. The number of halogens is 1. The average molecular weight is 924 g/mol. The van der Waals surface area contributed by atoms with Gasteiger partial charge in [-0.05, 0) is 75.9 Å². The lowest BCUT2D eigenvalue weighted by Crippen LogP contribution is -2.63. The highest BCUT2D eigenvalue weighted by Crippen LogP contribution is 2.59. The molecular weight excluding hydrogens is 852 g/mol. The van der Waals surface area contributed by atoms with E-state index in [4.69, 9.17) is 68.4 Å². The van der Waals surface area contributed by atoms with Gasteiger partial charge in [0, 0.05) is 30.6 Å². The topological polar surface area (TPSA) is 168 Å². The van der Waals surface area contributed by atoms with E-state index in [9.17, 15) is 15.0 Å². The van der Waals surface area contributed by atoms with Crippen molar-refractivity contribution in [2.45, 2.75) is 225 Å². The molecule has 6 unspecified atom stereocenters. The van der Waals surface area contributed by atoms with Crippen LogP contribution in [0.4, 0.5) is 0 Å². The van der Waals surface area contributed by atoms with Crippen LogP contribution in [0.2, 0.25) is 0 Å². The first-order valence-corrected chi connectivity index (χ1v) is 24.2. The second-order valence-corrected chi connectivity index (χ2v) is 21.1. The highest BCUT2D eigenvalue weighted by atomic mass is 35.5. The molecule has 0 aromatic rings. The zero-order chi connectivity index (χ0) is 45.3. The van der Waals surface area contributed by atoms with E-state index in [0.29, 0.717) is 76.4 Å². The number of ether oxygens (including phenoxy) is 12. The number of aliphatic hydroxyl groups is 2. The van der Waals surface area contributed by atoms with Crippen LogP contribution >= 0.6 is 11.6 Å². The van der Waals surface area contributed by atoms with Gasteiger partial charge >= 0.3 is 5.97 Å². The quantitative estimate of drug-likeness (QED) is 0.116. The smallest absolute Gasteiger partial charge is 0.308 e. The molecule has 10 heterocycles. The second kappa shape index (κ2) is 18.8. The normalized spacial score (nSPS) is 47.4. The van der Waals surface area contributed by atoms with Gasteiger partial charge in [0.15, 0.2) is 11.6 Å². The fourth-order valence-electron chi connectivity index (χ4n) is 12.1. The number of fused-ring (bicyclic) bond motifs is 3. The maximum absolute atomic E-state index is 12.2. The molecule has 0 amide bonds. The van der Waals surface area contributed by atoms with Gasteiger partial charge in [0.1, 0.15) is 36.6 Å². The molecule has 10 aliphatic heterocycles. The number of rotatable bonds is 16. The van der Waals surface area contributed by atoms with Crippen LogP contribution < -0.4 is 0 Å². The van der Waals surface area contributed by atoms with Crippen molar-refractivity contribution in [3.8, 4) is 0 Å². The number of hydrogen-bond donors (Lipinski definition) is 2. The molecule has 2 N–H and O–H groups in total. The molecular formula is C48H71ClO15. The largest absolute Gasteiger partial charge is 0.469 e. The molecule has 15 nitrogen and oxygen atoms in total. The molecule has 0 saturated carbocycles. The van der Waals surface area contributed by atoms with Crippen LogP contribution in [-0.4, -0.2) is 157 Å². The van der Waals surface area contributed by atoms with Gasteiger partial charge < -0.3 is 67.1 Å². The van der Waals surface area contributed by atoms with E-state index in [-0.39, 0.29) is 85.0 Å². The minimum atomic E-state index is -1.08. The van der Waals surface area contributed by atoms with Gasteiger partial charge in [0.25, 0.3) is 0 Å². The molecule has 0 aliphatic carbocycles. The molecule has 10 saturated heterocycles. The Labute approximate surface area is 382 Å². The van der Waals surface area contributed by atoms with Crippen molar-refractivity contribution in [2.75, 3.05) is 20.3 Å². The molecule has 21 atom stereocenters. The lowest BCUT2D eigenvalue weighted by molar-refractivity contribution is -0.355. The van der Waals surface area contributed by atoms with Gasteiger partial charge in [0.2, 0.25) is 5.79 Å². The Hall–Kier alpha value is -1.54. The number of carbonyl (C=O) groups excluding carboxylic acids is 1. The minimum Gasteiger partial charge on any atom is -0.469 e. The van der Waals surface area contributed by atoms with Gasteiger partial charge in [0.05, 0.1) is 94.2 Å². The van der Waals surface area contributed by atoms with E-state index >= 15 is 0 Å². The predicted molar refractivity (Wildman–Crippen MR) is 230 cm³/mol. The number of aliphatic hydroxyl groups excluding tert-OH is 2. The summed E-state index contributed by atoms with van der Waals surface area (Å²) in [5.41, 5.74) is 1.65. The van der Waals surface area contributed by atoms with E-state index in [1.165, 1.54) is 7.11 Å². The van der Waals surface area contributed by atoms with Gasteiger partial charge in [-0.2, -0.15) is 0 Å². The average Bonchev–Trinajstić information content (AvgIpc) is 3.63. The molecule has 6 bridgehead atoms. The SMILES string of the molecule is C=CCOC12C[C@]3(CC[C@@H](Cl)CC(=C)C(O)CC[C@H]4C[C@@H](C)C(=C)C(CC5O[C@H]6C[C@H]7OC(C)(C)OC[C@H]7O[C@H]6[C@H](C)[C@H]5O)O4)O[C@H]4[C@H]5OC(CC(=O)OC)CC[C@@H]5OC([C@H]4O1)[C@@H]2O3. The van der Waals surface area contributed by atoms with Crippen molar-refractivity contribution in [3.63, 3.8) is 0 Å². The number of methoxy groups -OCH3 is 1. The van der Waals surface area contributed by atoms with Gasteiger partial charge in [-0.25, -0.2) is 0 Å². The lowest BCUT2D eigenvalue weighted by atomic mass is 9.79. The number of esters is 1. The molecule has 10 rings (SSSR count). The standard InChI is InChI=1S/C48H71ClO15/c1-9-16-54-48-23-47(62-42-41-32(13-11-30(57-41)19-38(51)53-8)59-44(43(42)63-48)45(48)64-47)15-14-28(49)17-25(3)31(50)12-10-29-18-24(2)26(4)33(56-29)20-35-39(52)27(5)40-36(58-35)21-34-37(60-40)22-55-46(6,7)61-34/h9,24,27-37,39-45,50,52H,1,3-4,10-23H2,2,5-8H3/t24-,27-,28-,29+,30?,31?,32+,33?,34-,35?,36+,37-,39-,40+,41+,42+,43+,44?,45+,47-,48?/m1/s1. The first kappa shape index (κ1) is 47.5. The van der Waals surface area contributed by atoms with E-state index in [0.717, 1.165) is 12.0 Å². The van der Waals surface area contributed by atoms with E-state index in [1.807, 2.05) is 20.8 Å². The maximum atomic E-state index is 12.2. The first-order valence-electron chi connectivity index (χ1n) is 23.8. The van der Waals surface area contributed by atoms with Gasteiger partial charge in [-0.3, -0.25) is 4.79 Å². The monoisotopic (exact) mass is 922 g/mol. The third kappa shape index (κ3) is 9.32. The zero-order valence-electron chi connectivity index (χ0n) is 38.1. The molecule has 0 radical (unpaired) electrons. The highest BCUT2D eigenvalue weighted by molar-refractivity contribution is 6.20. The predicted octanol–water partition coefficient (Wildman–Crippen LogP) is 5.33. The zero-order valence-corrected chi connectivity index (χ0v) is 38.9. The summed E-state index contributed by atoms with van der Waals surface area (Å²) in [4.78, 5) is 12.2. The van der Waals surface area contributed by atoms with Crippen LogP contribution in [-0.2, 0) is 61.6 Å². The van der Waals surface area contributed by atoms with Crippen molar-refractivity contribution in [2.24, 2.45) is 11.8 Å². The van der Waals surface area contributed by atoms with E-state index < -0.39 is 66.2 Å². The summed E-state index contributed by atoms with van der Waals surface area (Å²) in [5, 5.41) is 22.5. The summed E-state index contributed by atoms with van der Waals surface area (Å²) in [7, 11) is 1.38. The van der Waals surface area contributed by atoms with Crippen molar-refractivity contribution in [1.29, 1.82) is 0 Å². The third-order valence-corrected chi connectivity index (χ3v) is 15.9. The van der Waals surface area contributed by atoms with Crippen LogP contribution in [0.1, 0.15) is 105 Å². The Morgan fingerprint density at radius 3 is 2.48 bits per heavy atom. The van der Waals surface area contributed by atoms with E-state index in [1.54, 1.807) is 6.08 Å². The fourth-order valence-corrected chi connectivity index (χ4v) is 12.4. The molecule has 16 heteroatoms. The van der Waals surface area contributed by atoms with Crippen molar-refractivity contribution in [1.82, 2.24) is 0 Å². The molecule has 10 fully saturated rings. The Bertz CT molecular complexity index is 1730. The third-order valence-electron chi connectivity index (χ3n) is 15.6. The molecule has 0 aromatic heterocycles. The Morgan fingerprint density at radius 2 is 1.70 bits per heavy atom. The summed E-state index contributed by atoms with van der Waals surface area (Å²) in [6.07, 6.45) is 1.74. The van der Waals surface area contributed by atoms with Crippen LogP contribution in [0.15, 0.2) is 37.0 Å². The lowest BCUT2D eigenvalue weighted by Gasteiger charge is -2.53. The molecule has 0 spiro atoms. The summed E-state index contributed by atoms with van der Waals surface area (Å²) in [6, 6.07) is 0. The van der Waals surface area contributed by atoms with Gasteiger partial charge in [-0.1, -0.05) is 33.1 Å². The molecule has 64 heavy (non-hydrogen) atoms. The van der Waals surface area contributed by atoms with Crippen LogP contribution in [0.5, 0.6) is 0 Å². The Morgan fingerprint density at radius 1 is 0.922 bits per heavy atom. The molecule has 360 valence electrons.